The molecule has 1 aromatic heterocycles. The Kier molecular flexibility index (Phi) is 7.10. The van der Waals surface area contributed by atoms with Gasteiger partial charge in [0.1, 0.15) is 11.6 Å². The van der Waals surface area contributed by atoms with Crippen LogP contribution in [0.25, 0.3) is 0 Å². The third kappa shape index (κ3) is 5.97. The van der Waals surface area contributed by atoms with Gasteiger partial charge in [0.15, 0.2) is 0 Å². The van der Waals surface area contributed by atoms with Crippen LogP contribution in [0.2, 0.25) is 0 Å². The van der Waals surface area contributed by atoms with E-state index in [2.05, 4.69) is 25.9 Å². The lowest BCUT2D eigenvalue weighted by Gasteiger charge is -2.29. The van der Waals surface area contributed by atoms with E-state index >= 15 is 0 Å². The second kappa shape index (κ2) is 9.95. The van der Waals surface area contributed by atoms with E-state index in [0.29, 0.717) is 30.0 Å². The zero-order valence-electron chi connectivity index (χ0n) is 17.3. The molecule has 3 N–H and O–H groups in total. The topological polar surface area (TPSA) is 91.4 Å². The maximum absolute atomic E-state index is 12.4. The van der Waals surface area contributed by atoms with Gasteiger partial charge in [-0.1, -0.05) is 12.1 Å². The Bertz CT molecular complexity index is 805. The highest BCUT2D eigenvalue weighted by molar-refractivity contribution is 5.91. The number of nitrogens with one attached hydrogen (secondary N) is 3. The number of aromatic nitrogens is 2. The molecule has 8 heteroatoms. The lowest BCUT2D eigenvalue weighted by atomic mass is 9.91. The average molecular weight is 399 g/mol. The maximum atomic E-state index is 12.4. The van der Waals surface area contributed by atoms with Gasteiger partial charge in [0.05, 0.1) is 12.3 Å². The summed E-state index contributed by atoms with van der Waals surface area (Å²) in [4.78, 5) is 23.2. The number of para-hydroxylation sites is 2. The molecule has 156 valence electrons. The molecule has 0 saturated heterocycles. The summed E-state index contributed by atoms with van der Waals surface area (Å²) in [6.45, 7) is 2.48. The number of nitrogens with zero attached hydrogens (tertiary/aromatic N) is 3. The van der Waals surface area contributed by atoms with E-state index < -0.39 is 0 Å². The fourth-order valence-electron chi connectivity index (χ4n) is 3.43. The van der Waals surface area contributed by atoms with Crippen molar-refractivity contribution in [1.29, 1.82) is 0 Å². The van der Waals surface area contributed by atoms with Crippen molar-refractivity contribution in [2.24, 2.45) is 0 Å². The quantitative estimate of drug-likeness (QED) is 0.661. The van der Waals surface area contributed by atoms with Crippen molar-refractivity contribution < 1.29 is 9.53 Å². The standard InChI is InChI=1S/C21H30N6O2/c1-4-29-18-8-6-5-7-17(18)25-21(28)24-16-11-9-15(10-12-16)23-20-22-14-13-19(26-20)27(2)3/h5-8,13-16H,4,9-12H2,1-3H3,(H,22,23,26)(H2,24,25,28)/t15-,16+. The number of hydrogen-bond acceptors (Lipinski definition) is 6. The number of carbonyl (C=O) groups is 1. The molecule has 0 atom stereocenters. The van der Waals surface area contributed by atoms with Crippen LogP contribution in [0, 0.1) is 0 Å². The minimum atomic E-state index is -0.199. The van der Waals surface area contributed by atoms with Gasteiger partial charge >= 0.3 is 6.03 Å². The molecule has 1 aliphatic carbocycles. The van der Waals surface area contributed by atoms with Crippen LogP contribution in [0.4, 0.5) is 22.2 Å². The first-order valence-corrected chi connectivity index (χ1v) is 10.1. The molecule has 3 rings (SSSR count). The van der Waals surface area contributed by atoms with Gasteiger partial charge < -0.3 is 25.6 Å². The van der Waals surface area contributed by atoms with Crippen LogP contribution in [0.15, 0.2) is 36.5 Å². The SMILES string of the molecule is CCOc1ccccc1NC(=O)N[C@H]1CC[C@@H](Nc2nccc(N(C)C)n2)CC1. The number of ether oxygens (including phenoxy) is 1. The molecular weight excluding hydrogens is 368 g/mol. The Morgan fingerprint density at radius 1 is 1.14 bits per heavy atom. The first-order chi connectivity index (χ1) is 14.0. The summed E-state index contributed by atoms with van der Waals surface area (Å²) >= 11 is 0. The van der Waals surface area contributed by atoms with Crippen LogP contribution < -0.4 is 25.6 Å². The molecule has 0 unspecified atom stereocenters. The minimum absolute atomic E-state index is 0.154. The van der Waals surface area contributed by atoms with E-state index in [0.717, 1.165) is 31.5 Å². The lowest BCUT2D eigenvalue weighted by Crippen LogP contribution is -2.42. The smallest absolute Gasteiger partial charge is 0.319 e. The Labute approximate surface area is 172 Å². The number of rotatable bonds is 7. The van der Waals surface area contributed by atoms with Gasteiger partial charge in [-0.2, -0.15) is 4.98 Å². The molecule has 29 heavy (non-hydrogen) atoms. The van der Waals surface area contributed by atoms with E-state index in [1.165, 1.54) is 0 Å². The monoisotopic (exact) mass is 398 g/mol. The zero-order chi connectivity index (χ0) is 20.6. The number of benzene rings is 1. The fourth-order valence-corrected chi connectivity index (χ4v) is 3.43. The van der Waals surface area contributed by atoms with Crippen LogP contribution in [0.3, 0.4) is 0 Å². The van der Waals surface area contributed by atoms with Crippen LogP contribution in [0.1, 0.15) is 32.6 Å². The van der Waals surface area contributed by atoms with Gasteiger partial charge in [-0.3, -0.25) is 0 Å². The second-order valence-electron chi connectivity index (χ2n) is 7.35. The molecular formula is C21H30N6O2. The fraction of sp³-hybridized carbons (Fsp3) is 0.476. The van der Waals surface area contributed by atoms with E-state index in [4.69, 9.17) is 4.74 Å². The highest BCUT2D eigenvalue weighted by Crippen LogP contribution is 2.25. The molecule has 1 fully saturated rings. The largest absolute Gasteiger partial charge is 0.492 e. The summed E-state index contributed by atoms with van der Waals surface area (Å²) < 4.78 is 5.56. The number of anilines is 3. The maximum Gasteiger partial charge on any atom is 0.319 e. The van der Waals surface area contributed by atoms with Crippen molar-refractivity contribution >= 4 is 23.5 Å². The summed E-state index contributed by atoms with van der Waals surface area (Å²) in [5.41, 5.74) is 0.681. The molecule has 8 nitrogen and oxygen atoms in total. The van der Waals surface area contributed by atoms with Crippen LogP contribution in [0.5, 0.6) is 5.75 Å². The van der Waals surface area contributed by atoms with Gasteiger partial charge in [-0.15, -0.1) is 0 Å². The summed E-state index contributed by atoms with van der Waals surface area (Å²) in [6.07, 6.45) is 5.49. The molecule has 1 aliphatic rings. The summed E-state index contributed by atoms with van der Waals surface area (Å²) in [7, 11) is 3.92. The van der Waals surface area contributed by atoms with E-state index in [-0.39, 0.29) is 12.1 Å². The molecule has 0 aliphatic heterocycles. The number of amides is 2. The average Bonchev–Trinajstić information content (AvgIpc) is 2.71. The summed E-state index contributed by atoms with van der Waals surface area (Å²) in [5.74, 6) is 2.21. The van der Waals surface area contributed by atoms with Crippen LogP contribution in [-0.2, 0) is 0 Å². The van der Waals surface area contributed by atoms with Gasteiger partial charge in [-0.05, 0) is 50.8 Å². The lowest BCUT2D eigenvalue weighted by molar-refractivity contribution is 0.243. The van der Waals surface area contributed by atoms with Crippen molar-refractivity contribution in [2.45, 2.75) is 44.7 Å². The van der Waals surface area contributed by atoms with Crippen molar-refractivity contribution in [1.82, 2.24) is 15.3 Å². The Balaban J connectivity index is 1.46. The molecule has 1 heterocycles. The molecule has 2 aromatic rings. The van der Waals surface area contributed by atoms with E-state index in [1.54, 1.807) is 6.20 Å². The van der Waals surface area contributed by atoms with E-state index in [9.17, 15) is 4.79 Å². The Hall–Kier alpha value is -3.03. The van der Waals surface area contributed by atoms with Crippen LogP contribution >= 0.6 is 0 Å². The number of carbonyl (C=O) groups excluding carboxylic acids is 1. The summed E-state index contributed by atoms with van der Waals surface area (Å²) in [6, 6.07) is 9.61. The predicted molar refractivity (Wildman–Crippen MR) is 116 cm³/mol. The molecule has 1 saturated carbocycles. The van der Waals surface area contributed by atoms with Gasteiger partial charge in [-0.25, -0.2) is 9.78 Å². The number of urea groups is 1. The van der Waals surface area contributed by atoms with Gasteiger partial charge in [0.25, 0.3) is 0 Å². The highest BCUT2D eigenvalue weighted by Gasteiger charge is 2.23. The predicted octanol–water partition coefficient (Wildman–Crippen LogP) is 3.49. The van der Waals surface area contributed by atoms with E-state index in [1.807, 2.05) is 56.3 Å². The summed E-state index contributed by atoms with van der Waals surface area (Å²) in [5, 5.41) is 9.39. The molecule has 0 spiro atoms. The zero-order valence-corrected chi connectivity index (χ0v) is 17.3. The molecule has 0 bridgehead atoms. The van der Waals surface area contributed by atoms with Crippen molar-refractivity contribution in [3.63, 3.8) is 0 Å². The molecule has 2 amide bonds. The van der Waals surface area contributed by atoms with Gasteiger partial charge in [0.2, 0.25) is 5.95 Å². The minimum Gasteiger partial charge on any atom is -0.492 e. The molecule has 1 aromatic carbocycles. The highest BCUT2D eigenvalue weighted by atomic mass is 16.5. The first kappa shape index (κ1) is 20.7. The second-order valence-corrected chi connectivity index (χ2v) is 7.35. The third-order valence-corrected chi connectivity index (χ3v) is 4.93. The van der Waals surface area contributed by atoms with Crippen molar-refractivity contribution in [3.05, 3.63) is 36.5 Å². The van der Waals surface area contributed by atoms with Crippen molar-refractivity contribution in [2.75, 3.05) is 36.2 Å². The Morgan fingerprint density at radius 2 is 1.86 bits per heavy atom. The molecule has 0 radical (unpaired) electrons. The van der Waals surface area contributed by atoms with Gasteiger partial charge in [0, 0.05) is 32.4 Å². The van der Waals surface area contributed by atoms with Crippen molar-refractivity contribution in [3.8, 4) is 5.75 Å². The normalized spacial score (nSPS) is 18.6. The van der Waals surface area contributed by atoms with Crippen LogP contribution in [-0.4, -0.2) is 48.8 Å². The first-order valence-electron chi connectivity index (χ1n) is 10.1. The Morgan fingerprint density at radius 3 is 2.59 bits per heavy atom. The number of hydrogen-bond donors (Lipinski definition) is 3. The third-order valence-electron chi connectivity index (χ3n) is 4.93.